The Bertz CT molecular complexity index is 1420. The van der Waals surface area contributed by atoms with E-state index in [2.05, 4.69) is 0 Å². The summed E-state index contributed by atoms with van der Waals surface area (Å²) < 4.78 is 26.8. The number of urea groups is 2. The summed E-state index contributed by atoms with van der Waals surface area (Å²) in [5, 5.41) is 2.02. The minimum Gasteiger partial charge on any atom is -0.297 e. The number of benzene rings is 4. The van der Waals surface area contributed by atoms with Crippen molar-refractivity contribution in [2.24, 2.45) is 0 Å². The number of amides is 4. The van der Waals surface area contributed by atoms with Crippen molar-refractivity contribution < 1.29 is 18.4 Å². The van der Waals surface area contributed by atoms with Crippen LogP contribution in [0.15, 0.2) is 84.9 Å². The van der Waals surface area contributed by atoms with Crippen LogP contribution in [0.2, 0.25) is 0 Å². The SMILES string of the molecule is CN(C(=O)N(C)c1ccc(F)c(F)c1)c1ccc(N(C)C(=O)N(C)c2cccc3ccccc23)cc1. The molecule has 0 aromatic heterocycles. The molecule has 0 unspecified atom stereocenters. The van der Waals surface area contributed by atoms with Gasteiger partial charge in [0.1, 0.15) is 0 Å². The number of hydrogen-bond donors (Lipinski definition) is 0. The van der Waals surface area contributed by atoms with E-state index in [0.717, 1.165) is 28.6 Å². The summed E-state index contributed by atoms with van der Waals surface area (Å²) in [6, 6.07) is 23.2. The Kier molecular flexibility index (Phi) is 6.87. The fourth-order valence-electron chi connectivity index (χ4n) is 3.98. The van der Waals surface area contributed by atoms with Crippen molar-refractivity contribution in [1.82, 2.24) is 0 Å². The van der Waals surface area contributed by atoms with Crippen molar-refractivity contribution in [2.75, 3.05) is 47.8 Å². The van der Waals surface area contributed by atoms with Gasteiger partial charge in [-0.3, -0.25) is 19.6 Å². The molecule has 4 rings (SSSR count). The van der Waals surface area contributed by atoms with Crippen molar-refractivity contribution >= 4 is 45.6 Å². The molecule has 0 radical (unpaired) electrons. The fourth-order valence-corrected chi connectivity index (χ4v) is 3.98. The van der Waals surface area contributed by atoms with Crippen LogP contribution in [0.1, 0.15) is 0 Å². The number of rotatable bonds is 4. The monoisotopic (exact) mass is 488 g/mol. The topological polar surface area (TPSA) is 47.1 Å². The van der Waals surface area contributed by atoms with Crippen LogP contribution in [0.4, 0.5) is 41.1 Å². The maximum Gasteiger partial charge on any atom is 0.328 e. The van der Waals surface area contributed by atoms with Gasteiger partial charge in [0.25, 0.3) is 0 Å². The first-order valence-electron chi connectivity index (χ1n) is 11.2. The van der Waals surface area contributed by atoms with Crippen molar-refractivity contribution in [3.8, 4) is 0 Å². The molecule has 0 aliphatic carbocycles. The molecule has 8 heteroatoms. The van der Waals surface area contributed by atoms with Crippen molar-refractivity contribution in [3.63, 3.8) is 0 Å². The van der Waals surface area contributed by atoms with E-state index in [1.165, 1.54) is 27.8 Å². The third-order valence-corrected chi connectivity index (χ3v) is 6.19. The van der Waals surface area contributed by atoms with E-state index in [1.807, 2.05) is 42.5 Å². The van der Waals surface area contributed by atoms with E-state index in [-0.39, 0.29) is 11.7 Å². The summed E-state index contributed by atoms with van der Waals surface area (Å²) in [7, 11) is 6.48. The smallest absolute Gasteiger partial charge is 0.297 e. The second-order valence-electron chi connectivity index (χ2n) is 8.41. The Morgan fingerprint density at radius 2 is 1.06 bits per heavy atom. The summed E-state index contributed by atoms with van der Waals surface area (Å²) in [6.07, 6.45) is 0. The summed E-state index contributed by atoms with van der Waals surface area (Å²) in [5.74, 6) is -2.01. The van der Waals surface area contributed by atoms with E-state index in [4.69, 9.17) is 0 Å². The first kappa shape index (κ1) is 24.7. The quantitative estimate of drug-likeness (QED) is 0.329. The van der Waals surface area contributed by atoms with E-state index in [1.54, 1.807) is 50.3 Å². The van der Waals surface area contributed by atoms with Gasteiger partial charge in [0, 0.05) is 56.7 Å². The minimum atomic E-state index is -1.03. The number of nitrogens with zero attached hydrogens (tertiary/aromatic N) is 4. The molecule has 184 valence electrons. The van der Waals surface area contributed by atoms with Crippen LogP contribution < -0.4 is 19.6 Å². The Labute approximate surface area is 208 Å². The predicted molar refractivity (Wildman–Crippen MR) is 141 cm³/mol. The van der Waals surface area contributed by atoms with Crippen LogP contribution in [0, 0.1) is 11.6 Å². The fraction of sp³-hybridized carbons (Fsp3) is 0.143. The normalized spacial score (nSPS) is 10.7. The van der Waals surface area contributed by atoms with Gasteiger partial charge >= 0.3 is 12.1 Å². The molecule has 0 spiro atoms. The lowest BCUT2D eigenvalue weighted by Gasteiger charge is -2.27. The van der Waals surface area contributed by atoms with E-state index in [9.17, 15) is 18.4 Å². The van der Waals surface area contributed by atoms with Gasteiger partial charge in [0.15, 0.2) is 11.6 Å². The van der Waals surface area contributed by atoms with Crippen LogP contribution >= 0.6 is 0 Å². The molecule has 4 aromatic rings. The van der Waals surface area contributed by atoms with Gasteiger partial charge in [-0.15, -0.1) is 0 Å². The third-order valence-electron chi connectivity index (χ3n) is 6.19. The number of fused-ring (bicyclic) bond motifs is 1. The van der Waals surface area contributed by atoms with Crippen LogP contribution in [-0.4, -0.2) is 40.3 Å². The number of anilines is 4. The largest absolute Gasteiger partial charge is 0.328 e. The Hall–Kier alpha value is -4.46. The number of halogens is 2. The van der Waals surface area contributed by atoms with Crippen LogP contribution in [0.3, 0.4) is 0 Å². The predicted octanol–water partition coefficient (Wildman–Crippen LogP) is 6.50. The highest BCUT2D eigenvalue weighted by atomic mass is 19.2. The molecule has 0 heterocycles. The molecule has 0 saturated carbocycles. The molecular weight excluding hydrogens is 462 g/mol. The zero-order valence-corrected chi connectivity index (χ0v) is 20.4. The molecule has 0 N–H and O–H groups in total. The maximum atomic E-state index is 13.6. The second kappa shape index (κ2) is 10.0. The van der Waals surface area contributed by atoms with Gasteiger partial charge in [0.2, 0.25) is 0 Å². The maximum absolute atomic E-state index is 13.6. The summed E-state index contributed by atoms with van der Waals surface area (Å²) in [5.41, 5.74) is 2.24. The van der Waals surface area contributed by atoms with Gasteiger partial charge in [-0.05, 0) is 47.9 Å². The van der Waals surface area contributed by atoms with Gasteiger partial charge in [-0.1, -0.05) is 36.4 Å². The Morgan fingerprint density at radius 3 is 1.67 bits per heavy atom. The molecule has 4 amide bonds. The Morgan fingerprint density at radius 1 is 0.556 bits per heavy atom. The molecule has 0 bridgehead atoms. The lowest BCUT2D eigenvalue weighted by molar-refractivity contribution is 0.253. The van der Waals surface area contributed by atoms with Crippen molar-refractivity contribution in [3.05, 3.63) is 96.6 Å². The molecular formula is C28H26F2N4O2. The highest BCUT2D eigenvalue weighted by Crippen LogP contribution is 2.28. The summed E-state index contributed by atoms with van der Waals surface area (Å²) >= 11 is 0. The average Bonchev–Trinajstić information content (AvgIpc) is 2.91. The summed E-state index contributed by atoms with van der Waals surface area (Å²) in [6.45, 7) is 0. The molecule has 0 atom stereocenters. The standard InChI is InChI=1S/C28H26F2N4O2/c1-31(27(35)33(3)22-16-17-24(29)25(30)18-22)20-12-14-21(15-13-20)32(2)28(36)34(4)26-11-7-9-19-8-5-6-10-23(19)26/h5-18H,1-4H3. The first-order chi connectivity index (χ1) is 17.2. The number of hydrogen-bond acceptors (Lipinski definition) is 2. The van der Waals surface area contributed by atoms with E-state index < -0.39 is 17.7 Å². The van der Waals surface area contributed by atoms with Crippen LogP contribution in [-0.2, 0) is 0 Å². The van der Waals surface area contributed by atoms with Gasteiger partial charge in [-0.2, -0.15) is 0 Å². The second-order valence-corrected chi connectivity index (χ2v) is 8.41. The minimum absolute atomic E-state index is 0.221. The molecule has 0 aliphatic heterocycles. The average molecular weight is 489 g/mol. The lowest BCUT2D eigenvalue weighted by atomic mass is 10.1. The van der Waals surface area contributed by atoms with Gasteiger partial charge in [-0.25, -0.2) is 18.4 Å². The molecule has 0 aliphatic rings. The highest BCUT2D eigenvalue weighted by molar-refractivity contribution is 6.08. The zero-order chi connectivity index (χ0) is 26.0. The highest BCUT2D eigenvalue weighted by Gasteiger charge is 2.21. The van der Waals surface area contributed by atoms with Gasteiger partial charge in [0.05, 0.1) is 5.69 Å². The summed E-state index contributed by atoms with van der Waals surface area (Å²) in [4.78, 5) is 31.9. The molecule has 36 heavy (non-hydrogen) atoms. The van der Waals surface area contributed by atoms with Crippen LogP contribution in [0.5, 0.6) is 0 Å². The molecule has 0 saturated heterocycles. The third kappa shape index (κ3) is 4.70. The van der Waals surface area contributed by atoms with E-state index in [0.29, 0.717) is 11.4 Å². The molecule has 4 aromatic carbocycles. The van der Waals surface area contributed by atoms with Gasteiger partial charge < -0.3 is 0 Å². The molecule has 6 nitrogen and oxygen atoms in total. The lowest BCUT2D eigenvalue weighted by Crippen LogP contribution is -2.39. The van der Waals surface area contributed by atoms with Crippen molar-refractivity contribution in [2.45, 2.75) is 0 Å². The first-order valence-corrected chi connectivity index (χ1v) is 11.2. The van der Waals surface area contributed by atoms with Crippen molar-refractivity contribution in [1.29, 1.82) is 0 Å². The Balaban J connectivity index is 1.49. The molecule has 0 fully saturated rings. The zero-order valence-electron chi connectivity index (χ0n) is 20.4. The van der Waals surface area contributed by atoms with Crippen LogP contribution in [0.25, 0.3) is 10.8 Å². The van der Waals surface area contributed by atoms with E-state index >= 15 is 0 Å². The number of carbonyl (C=O) groups excluding carboxylic acids is 2. The number of carbonyl (C=O) groups is 2.